The number of carboxylic acids is 2. The third-order valence-electron chi connectivity index (χ3n) is 4.60. The summed E-state index contributed by atoms with van der Waals surface area (Å²) in [5.74, 6) is -1.72. The summed E-state index contributed by atoms with van der Waals surface area (Å²) in [6.45, 7) is 6.11. The molecule has 1 heterocycles. The SMILES string of the molecule is CC(C)Oc1ccc(C[NH2+]CCC(c2ccccc2)c2ccco2)cc1.O=C([O-])C(=O)O. The Kier molecular flexibility index (Phi) is 10.0. The van der Waals surface area contributed by atoms with E-state index in [1.54, 1.807) is 6.26 Å². The molecule has 0 saturated carbocycles. The number of hydrogen-bond donors (Lipinski definition) is 2. The second-order valence-electron chi connectivity index (χ2n) is 7.45. The van der Waals surface area contributed by atoms with E-state index in [-0.39, 0.29) is 6.10 Å². The largest absolute Gasteiger partial charge is 0.539 e. The summed E-state index contributed by atoms with van der Waals surface area (Å²) in [5, 5.41) is 18.7. The zero-order valence-electron chi connectivity index (χ0n) is 18.3. The molecule has 0 aliphatic heterocycles. The normalized spacial score (nSPS) is 11.3. The first-order valence-electron chi connectivity index (χ1n) is 10.5. The van der Waals surface area contributed by atoms with Crippen molar-refractivity contribution >= 4 is 11.9 Å². The van der Waals surface area contributed by atoms with Gasteiger partial charge in [-0.3, -0.25) is 0 Å². The predicted octanol–water partition coefficient (Wildman–Crippen LogP) is 2.17. The highest BCUT2D eigenvalue weighted by molar-refractivity contribution is 6.26. The summed E-state index contributed by atoms with van der Waals surface area (Å²) in [6.07, 6.45) is 3.02. The third kappa shape index (κ3) is 8.65. The molecule has 3 aromatic rings. The molecule has 1 aromatic heterocycles. The molecule has 0 aliphatic carbocycles. The zero-order valence-corrected chi connectivity index (χ0v) is 18.3. The minimum Gasteiger partial charge on any atom is -0.539 e. The molecule has 0 radical (unpaired) electrons. The fraction of sp³-hybridized carbons (Fsp3) is 0.280. The number of nitrogens with two attached hydrogens (primary N) is 1. The molecule has 0 saturated heterocycles. The average molecular weight is 440 g/mol. The van der Waals surface area contributed by atoms with Crippen LogP contribution in [0.1, 0.15) is 43.1 Å². The first kappa shape index (κ1) is 24.7. The van der Waals surface area contributed by atoms with Crippen molar-refractivity contribution < 1.29 is 34.3 Å². The molecule has 7 heteroatoms. The molecule has 7 nitrogen and oxygen atoms in total. The van der Waals surface area contributed by atoms with Crippen LogP contribution < -0.4 is 15.2 Å². The Hall–Kier alpha value is -3.58. The van der Waals surface area contributed by atoms with Gasteiger partial charge in [-0.1, -0.05) is 30.3 Å². The summed E-state index contributed by atoms with van der Waals surface area (Å²) in [5.41, 5.74) is 2.63. The van der Waals surface area contributed by atoms with Crippen LogP contribution in [0.2, 0.25) is 0 Å². The van der Waals surface area contributed by atoms with Crippen LogP contribution in [0.5, 0.6) is 5.75 Å². The van der Waals surface area contributed by atoms with Gasteiger partial charge in [-0.05, 0) is 55.8 Å². The molecule has 0 fully saturated rings. The highest BCUT2D eigenvalue weighted by Gasteiger charge is 2.17. The number of carbonyl (C=O) groups excluding carboxylic acids is 1. The Morgan fingerprint density at radius 1 is 1.03 bits per heavy atom. The lowest BCUT2D eigenvalue weighted by molar-refractivity contribution is -0.671. The average Bonchev–Trinajstić information content (AvgIpc) is 3.30. The van der Waals surface area contributed by atoms with Crippen molar-refractivity contribution in [3.63, 3.8) is 0 Å². The van der Waals surface area contributed by atoms with Crippen molar-refractivity contribution in [2.45, 2.75) is 38.8 Å². The number of benzene rings is 2. The Bertz CT molecular complexity index is 924. The van der Waals surface area contributed by atoms with Crippen LogP contribution in [0.25, 0.3) is 0 Å². The molecule has 3 rings (SSSR count). The highest BCUT2D eigenvalue weighted by atomic mass is 16.5. The van der Waals surface area contributed by atoms with Gasteiger partial charge in [0.25, 0.3) is 0 Å². The number of furan rings is 1. The van der Waals surface area contributed by atoms with Crippen molar-refractivity contribution in [2.75, 3.05) is 6.54 Å². The van der Waals surface area contributed by atoms with E-state index in [0.717, 1.165) is 31.0 Å². The fourth-order valence-corrected chi connectivity index (χ4v) is 3.18. The molecule has 170 valence electrons. The number of hydrogen-bond acceptors (Lipinski definition) is 5. The topological polar surface area (TPSA) is 116 Å². The van der Waals surface area contributed by atoms with E-state index in [2.05, 4.69) is 66.0 Å². The van der Waals surface area contributed by atoms with Gasteiger partial charge in [-0.15, -0.1) is 0 Å². The van der Waals surface area contributed by atoms with Gasteiger partial charge in [-0.2, -0.15) is 0 Å². The number of ether oxygens (including phenoxy) is 1. The summed E-state index contributed by atoms with van der Waals surface area (Å²) in [6, 6.07) is 23.1. The van der Waals surface area contributed by atoms with Crippen molar-refractivity contribution in [2.24, 2.45) is 0 Å². The lowest BCUT2D eigenvalue weighted by Crippen LogP contribution is -2.82. The molecule has 3 N–H and O–H groups in total. The van der Waals surface area contributed by atoms with Crippen LogP contribution >= 0.6 is 0 Å². The molecule has 1 unspecified atom stereocenters. The standard InChI is InChI=1S/C23H27NO2.C2H2O4/c1-18(2)26-21-12-10-19(11-13-21)17-24-15-14-22(23-9-6-16-25-23)20-7-4-3-5-8-20;3-1(4)2(5)6/h3-13,16,18,22,24H,14-15,17H2,1-2H3;(H,3,4)(H,5,6). The van der Waals surface area contributed by atoms with Crippen LogP contribution in [-0.2, 0) is 16.1 Å². The third-order valence-corrected chi connectivity index (χ3v) is 4.60. The maximum absolute atomic E-state index is 9.04. The zero-order chi connectivity index (χ0) is 23.3. The van der Waals surface area contributed by atoms with Gasteiger partial charge >= 0.3 is 5.97 Å². The van der Waals surface area contributed by atoms with E-state index >= 15 is 0 Å². The first-order valence-corrected chi connectivity index (χ1v) is 10.5. The van der Waals surface area contributed by atoms with Gasteiger partial charge < -0.3 is 29.5 Å². The second kappa shape index (κ2) is 13.0. The van der Waals surface area contributed by atoms with Gasteiger partial charge in [0.2, 0.25) is 0 Å². The number of carbonyl (C=O) groups is 2. The van der Waals surface area contributed by atoms with Gasteiger partial charge in [0.15, 0.2) is 5.97 Å². The van der Waals surface area contributed by atoms with Crippen LogP contribution in [0, 0.1) is 0 Å². The lowest BCUT2D eigenvalue weighted by atomic mass is 9.93. The minimum atomic E-state index is -2.07. The van der Waals surface area contributed by atoms with Gasteiger partial charge in [0.05, 0.1) is 18.9 Å². The van der Waals surface area contributed by atoms with Gasteiger partial charge in [-0.25, -0.2) is 4.79 Å². The number of quaternary nitrogens is 1. The highest BCUT2D eigenvalue weighted by Crippen LogP contribution is 2.27. The Labute approximate surface area is 187 Å². The molecule has 0 aliphatic rings. The van der Waals surface area contributed by atoms with E-state index in [9.17, 15) is 0 Å². The van der Waals surface area contributed by atoms with Crippen LogP contribution in [0.4, 0.5) is 0 Å². The van der Waals surface area contributed by atoms with E-state index in [1.807, 2.05) is 19.9 Å². The minimum absolute atomic E-state index is 0.212. The first-order chi connectivity index (χ1) is 15.4. The quantitative estimate of drug-likeness (QED) is 0.390. The van der Waals surface area contributed by atoms with Crippen LogP contribution in [0.3, 0.4) is 0 Å². The number of rotatable bonds is 9. The number of carboxylic acid groups (broad SMARTS) is 2. The molecule has 32 heavy (non-hydrogen) atoms. The van der Waals surface area contributed by atoms with Gasteiger partial charge in [0, 0.05) is 17.9 Å². The monoisotopic (exact) mass is 439 g/mol. The summed E-state index contributed by atoms with van der Waals surface area (Å²) in [7, 11) is 0. The second-order valence-corrected chi connectivity index (χ2v) is 7.45. The fourth-order valence-electron chi connectivity index (χ4n) is 3.18. The van der Waals surface area contributed by atoms with E-state index in [4.69, 9.17) is 29.0 Å². The Balaban J connectivity index is 0.000000534. The van der Waals surface area contributed by atoms with Crippen molar-refractivity contribution in [3.8, 4) is 5.75 Å². The van der Waals surface area contributed by atoms with Crippen LogP contribution in [-0.4, -0.2) is 29.7 Å². The lowest BCUT2D eigenvalue weighted by Gasteiger charge is -2.14. The maximum Gasteiger partial charge on any atom is 0.351 e. The molecular weight excluding hydrogens is 410 g/mol. The summed E-state index contributed by atoms with van der Waals surface area (Å²) in [4.78, 5) is 18.0. The van der Waals surface area contributed by atoms with Gasteiger partial charge in [0.1, 0.15) is 18.1 Å². The van der Waals surface area contributed by atoms with Crippen molar-refractivity contribution in [3.05, 3.63) is 89.9 Å². The summed E-state index contributed by atoms with van der Waals surface area (Å²) < 4.78 is 11.4. The molecule has 0 spiro atoms. The van der Waals surface area contributed by atoms with E-state index in [1.165, 1.54) is 11.1 Å². The molecular formula is C25H29NO6. The summed E-state index contributed by atoms with van der Waals surface area (Å²) >= 11 is 0. The van der Waals surface area contributed by atoms with Crippen molar-refractivity contribution in [1.29, 1.82) is 0 Å². The van der Waals surface area contributed by atoms with Crippen LogP contribution in [0.15, 0.2) is 77.4 Å². The Morgan fingerprint density at radius 2 is 1.69 bits per heavy atom. The maximum atomic E-state index is 9.04. The Morgan fingerprint density at radius 3 is 2.22 bits per heavy atom. The number of aliphatic carboxylic acids is 2. The van der Waals surface area contributed by atoms with Crippen molar-refractivity contribution in [1.82, 2.24) is 0 Å². The molecule has 0 bridgehead atoms. The van der Waals surface area contributed by atoms with E-state index < -0.39 is 11.9 Å². The predicted molar refractivity (Wildman–Crippen MR) is 117 cm³/mol. The molecule has 2 aromatic carbocycles. The molecule has 0 amide bonds. The molecule has 1 atom stereocenters. The van der Waals surface area contributed by atoms with E-state index in [0.29, 0.717) is 5.92 Å². The smallest absolute Gasteiger partial charge is 0.351 e.